The second-order valence-electron chi connectivity index (χ2n) is 15.7. The lowest BCUT2D eigenvalue weighted by atomic mass is 9.64. The van der Waals surface area contributed by atoms with Crippen molar-refractivity contribution in [3.05, 3.63) is 58.1 Å². The van der Waals surface area contributed by atoms with E-state index in [1.54, 1.807) is 13.0 Å². The van der Waals surface area contributed by atoms with Crippen LogP contribution in [0.5, 0.6) is 5.75 Å². The third kappa shape index (κ3) is 6.97. The largest absolute Gasteiger partial charge is 0.490 e. The Morgan fingerprint density at radius 1 is 0.980 bits per heavy atom. The molecule has 2 fully saturated rings. The fraction of sp³-hybridized carbons (Fsp3) is 0.658. The van der Waals surface area contributed by atoms with Gasteiger partial charge in [-0.05, 0) is 125 Å². The number of carbonyl (C=O) groups excluding carboxylic acids is 1. The van der Waals surface area contributed by atoms with Gasteiger partial charge in [0, 0.05) is 35.0 Å². The Morgan fingerprint density at radius 3 is 2.51 bits per heavy atom. The van der Waals surface area contributed by atoms with Crippen molar-refractivity contribution in [1.29, 1.82) is 0 Å². The second-order valence-corrected chi connectivity index (χ2v) is 18.2. The lowest BCUT2D eigenvalue weighted by Gasteiger charge is -2.49. The summed E-state index contributed by atoms with van der Waals surface area (Å²) in [4.78, 5) is 18.2. The van der Waals surface area contributed by atoms with Crippen molar-refractivity contribution in [3.8, 4) is 5.75 Å². The van der Waals surface area contributed by atoms with E-state index in [2.05, 4.69) is 40.7 Å². The van der Waals surface area contributed by atoms with Gasteiger partial charge in [-0.15, -0.1) is 0 Å². The topological polar surface area (TPSA) is 97.4 Å². The fourth-order valence-electron chi connectivity index (χ4n) is 9.03. The van der Waals surface area contributed by atoms with E-state index in [4.69, 9.17) is 25.8 Å². The number of sulfonamides is 1. The smallest absolute Gasteiger partial charge is 0.264 e. The SMILES string of the molecule is C[C@@H]1[C@@H](C)CCC[C@H]([C@H]2OC[C@@H](N(C)C)CO2)[C@@H]2CC[C@H]2CN2C[C@@]3(CCCc4cc(Cl)ccc43)COc3ccc(cc32)C(=O)NS1(=O)=O. The average Bonchev–Trinajstić information content (AvgIpc) is 3.21. The van der Waals surface area contributed by atoms with Gasteiger partial charge in [0.1, 0.15) is 5.75 Å². The number of anilines is 1. The van der Waals surface area contributed by atoms with Crippen LogP contribution in [0.25, 0.3) is 0 Å². The molecule has 1 saturated heterocycles. The highest BCUT2D eigenvalue weighted by atomic mass is 35.5. The molecule has 0 radical (unpaired) electrons. The lowest BCUT2D eigenvalue weighted by Crippen LogP contribution is -2.52. The molecule has 0 aromatic heterocycles. The van der Waals surface area contributed by atoms with Crippen LogP contribution in [0.4, 0.5) is 5.69 Å². The van der Waals surface area contributed by atoms with Crippen molar-refractivity contribution in [3.63, 3.8) is 0 Å². The van der Waals surface area contributed by atoms with Crippen LogP contribution in [0.2, 0.25) is 5.02 Å². The van der Waals surface area contributed by atoms with Gasteiger partial charge in [0.25, 0.3) is 5.91 Å². The van der Waals surface area contributed by atoms with E-state index in [1.807, 2.05) is 25.1 Å². The molecule has 6 atom stereocenters. The van der Waals surface area contributed by atoms with E-state index in [1.165, 1.54) is 11.1 Å². The zero-order chi connectivity index (χ0) is 34.5. The number of ether oxygens (including phenoxy) is 3. The highest BCUT2D eigenvalue weighted by Gasteiger charge is 2.47. The molecule has 5 aliphatic rings. The Morgan fingerprint density at radius 2 is 1.78 bits per heavy atom. The van der Waals surface area contributed by atoms with Crippen LogP contribution in [-0.4, -0.2) is 83.8 Å². The van der Waals surface area contributed by atoms with Crippen molar-refractivity contribution < 1.29 is 27.4 Å². The predicted octanol–water partition coefficient (Wildman–Crippen LogP) is 6.03. The maximum atomic E-state index is 13.6. The van der Waals surface area contributed by atoms with Crippen LogP contribution in [0.15, 0.2) is 36.4 Å². The quantitative estimate of drug-likeness (QED) is 0.404. The van der Waals surface area contributed by atoms with Gasteiger partial charge in [-0.25, -0.2) is 13.1 Å². The van der Waals surface area contributed by atoms with E-state index in [-0.39, 0.29) is 29.6 Å². The Bertz CT molecular complexity index is 1650. The first kappa shape index (κ1) is 35.1. The minimum Gasteiger partial charge on any atom is -0.490 e. The Hall–Kier alpha value is -2.37. The number of fused-ring (bicyclic) bond motifs is 4. The second kappa shape index (κ2) is 14.0. The van der Waals surface area contributed by atoms with Gasteiger partial charge in [0.2, 0.25) is 10.0 Å². The van der Waals surface area contributed by atoms with Crippen LogP contribution in [0, 0.1) is 23.7 Å². The molecule has 1 N–H and O–H groups in total. The maximum Gasteiger partial charge on any atom is 0.264 e. The molecule has 3 heterocycles. The van der Waals surface area contributed by atoms with Crippen molar-refractivity contribution in [2.75, 3.05) is 51.9 Å². The first-order valence-electron chi connectivity index (χ1n) is 18.2. The number of halogens is 1. The van der Waals surface area contributed by atoms with E-state index >= 15 is 0 Å². The number of carbonyl (C=O) groups is 1. The highest BCUT2D eigenvalue weighted by molar-refractivity contribution is 7.90. The van der Waals surface area contributed by atoms with E-state index in [0.29, 0.717) is 37.2 Å². The van der Waals surface area contributed by atoms with Crippen molar-refractivity contribution in [1.82, 2.24) is 9.62 Å². The lowest BCUT2D eigenvalue weighted by molar-refractivity contribution is -0.240. The molecule has 49 heavy (non-hydrogen) atoms. The molecule has 2 aromatic rings. The molecule has 268 valence electrons. The minimum atomic E-state index is -3.90. The summed E-state index contributed by atoms with van der Waals surface area (Å²) in [6.45, 7) is 7.03. The molecule has 2 aliphatic carbocycles. The number of aryl methyl sites for hydroxylation is 1. The molecule has 1 amide bonds. The van der Waals surface area contributed by atoms with Crippen LogP contribution in [0.1, 0.15) is 80.3 Å². The van der Waals surface area contributed by atoms with Crippen LogP contribution < -0.4 is 14.4 Å². The summed E-state index contributed by atoms with van der Waals surface area (Å²) in [6.07, 6.45) is 7.49. The first-order valence-corrected chi connectivity index (χ1v) is 20.1. The number of likely N-dealkylation sites (N-methyl/N-ethyl adjacent to an activating group) is 1. The molecule has 7 rings (SSSR count). The number of nitrogens with one attached hydrogen (secondary N) is 1. The summed E-state index contributed by atoms with van der Waals surface area (Å²) in [5.41, 5.74) is 3.48. The van der Waals surface area contributed by atoms with Gasteiger partial charge in [-0.3, -0.25) is 4.79 Å². The Balaban J connectivity index is 1.26. The van der Waals surface area contributed by atoms with Gasteiger partial charge in [-0.2, -0.15) is 0 Å². The summed E-state index contributed by atoms with van der Waals surface area (Å²) in [5, 5.41) is 0.0306. The molecular formula is C38H52ClN3O6S. The number of rotatable bonds is 2. The standard InChI is InChI=1S/C38H52ClN3O6S/c1-24-7-5-9-32(37-46-20-30(21-47-37)41(3)4)31-13-10-28(31)19-42-22-38(16-6-8-26-17-29(39)12-14-33(26)38)23-48-35-15-11-27(18-34(35)42)36(43)40-49(44,45)25(24)2/h11-12,14-15,17-18,24-25,28,30-32,37H,5-10,13,16,19-23H2,1-4H3,(H,40,43)/t24-,25+,28-,30-,31+,32-,37+,38-/m0/s1. The first-order chi connectivity index (χ1) is 23.4. The molecule has 2 bridgehead atoms. The van der Waals surface area contributed by atoms with Crippen molar-refractivity contribution in [2.24, 2.45) is 23.7 Å². The number of nitrogens with zero attached hydrogens (tertiary/aromatic N) is 2. The minimum absolute atomic E-state index is 0.122. The monoisotopic (exact) mass is 713 g/mol. The summed E-state index contributed by atoms with van der Waals surface area (Å²) in [6, 6.07) is 11.9. The summed E-state index contributed by atoms with van der Waals surface area (Å²) < 4.78 is 49.0. The Kier molecular flexibility index (Phi) is 10.0. The summed E-state index contributed by atoms with van der Waals surface area (Å²) >= 11 is 6.47. The van der Waals surface area contributed by atoms with Gasteiger partial charge >= 0.3 is 0 Å². The van der Waals surface area contributed by atoms with E-state index in [0.717, 1.165) is 80.9 Å². The maximum absolute atomic E-state index is 13.6. The Labute approximate surface area is 297 Å². The van der Waals surface area contributed by atoms with Gasteiger partial charge < -0.3 is 24.0 Å². The normalized spacial score (nSPS) is 34.9. The number of benzene rings is 2. The molecule has 11 heteroatoms. The third-order valence-corrected chi connectivity index (χ3v) is 14.6. The van der Waals surface area contributed by atoms with Crippen LogP contribution in [-0.2, 0) is 31.3 Å². The summed E-state index contributed by atoms with van der Waals surface area (Å²) in [5.74, 6) is 1.05. The number of amides is 1. The molecule has 3 aliphatic heterocycles. The fourth-order valence-corrected chi connectivity index (χ4v) is 10.5. The highest BCUT2D eigenvalue weighted by Crippen LogP contribution is 2.49. The van der Waals surface area contributed by atoms with Gasteiger partial charge in [0.15, 0.2) is 6.29 Å². The molecule has 0 unspecified atom stereocenters. The molecule has 9 nitrogen and oxygen atoms in total. The number of hydrogen-bond donors (Lipinski definition) is 1. The van der Waals surface area contributed by atoms with E-state index in [9.17, 15) is 13.2 Å². The predicted molar refractivity (Wildman–Crippen MR) is 192 cm³/mol. The van der Waals surface area contributed by atoms with Gasteiger partial charge in [0.05, 0.1) is 36.8 Å². The van der Waals surface area contributed by atoms with Gasteiger partial charge in [-0.1, -0.05) is 31.0 Å². The molecule has 1 spiro atoms. The number of hydrogen-bond acceptors (Lipinski definition) is 8. The molecular weight excluding hydrogens is 662 g/mol. The summed E-state index contributed by atoms with van der Waals surface area (Å²) in [7, 11) is 0.219. The molecule has 2 aromatic carbocycles. The molecule has 1 saturated carbocycles. The van der Waals surface area contributed by atoms with E-state index < -0.39 is 21.2 Å². The van der Waals surface area contributed by atoms with Crippen LogP contribution >= 0.6 is 11.6 Å². The zero-order valence-corrected chi connectivity index (χ0v) is 30.9. The average molecular weight is 714 g/mol. The zero-order valence-electron chi connectivity index (χ0n) is 29.3. The van der Waals surface area contributed by atoms with Crippen molar-refractivity contribution >= 4 is 33.2 Å². The third-order valence-electron chi connectivity index (χ3n) is 12.5. The van der Waals surface area contributed by atoms with Crippen LogP contribution in [0.3, 0.4) is 0 Å². The van der Waals surface area contributed by atoms with Crippen molar-refractivity contribution in [2.45, 2.75) is 88.2 Å².